The standard InChI is InChI=1S/C14H12ClNO2S2/c15-9-2-1-3-10(6-9)19-7-11-16-12(8-4-5-8)13(20-11)14(17)18/h1-3,6,8H,4-5,7H2,(H,17,18). The number of hydrogen-bond donors (Lipinski definition) is 1. The first-order valence-electron chi connectivity index (χ1n) is 6.25. The summed E-state index contributed by atoms with van der Waals surface area (Å²) in [6.45, 7) is 0. The second-order valence-electron chi connectivity index (χ2n) is 4.65. The van der Waals surface area contributed by atoms with Crippen LogP contribution in [0, 0.1) is 0 Å². The van der Waals surface area contributed by atoms with Crippen molar-refractivity contribution in [3.05, 3.63) is 44.9 Å². The number of thiazole rings is 1. The van der Waals surface area contributed by atoms with E-state index in [9.17, 15) is 9.90 Å². The van der Waals surface area contributed by atoms with E-state index in [0.29, 0.717) is 21.6 Å². The Hall–Kier alpha value is -1.04. The average molecular weight is 326 g/mol. The molecule has 2 aromatic rings. The molecule has 3 nitrogen and oxygen atoms in total. The van der Waals surface area contributed by atoms with Gasteiger partial charge in [-0.2, -0.15) is 0 Å². The van der Waals surface area contributed by atoms with Crippen molar-refractivity contribution in [2.24, 2.45) is 0 Å². The summed E-state index contributed by atoms with van der Waals surface area (Å²) in [5.41, 5.74) is 0.782. The molecule has 104 valence electrons. The number of nitrogens with zero attached hydrogens (tertiary/aromatic N) is 1. The Bertz CT molecular complexity index is 652. The van der Waals surface area contributed by atoms with Crippen LogP contribution in [0.2, 0.25) is 5.02 Å². The summed E-state index contributed by atoms with van der Waals surface area (Å²) in [5.74, 6) is 0.184. The van der Waals surface area contributed by atoms with Crippen molar-refractivity contribution in [1.29, 1.82) is 0 Å². The molecule has 20 heavy (non-hydrogen) atoms. The van der Waals surface area contributed by atoms with Gasteiger partial charge in [0.05, 0.1) is 11.4 Å². The minimum absolute atomic E-state index is 0.363. The minimum Gasteiger partial charge on any atom is -0.477 e. The van der Waals surface area contributed by atoms with E-state index in [4.69, 9.17) is 11.6 Å². The predicted molar refractivity (Wildman–Crippen MR) is 82.1 cm³/mol. The highest BCUT2D eigenvalue weighted by Gasteiger charge is 2.31. The number of aromatic carboxylic acids is 1. The summed E-state index contributed by atoms with van der Waals surface area (Å²) in [6.07, 6.45) is 2.12. The number of thioether (sulfide) groups is 1. The lowest BCUT2D eigenvalue weighted by molar-refractivity contribution is 0.0700. The number of halogens is 1. The van der Waals surface area contributed by atoms with Gasteiger partial charge in [-0.1, -0.05) is 17.7 Å². The van der Waals surface area contributed by atoms with Crippen LogP contribution < -0.4 is 0 Å². The molecule has 3 rings (SSSR count). The van der Waals surface area contributed by atoms with Gasteiger partial charge in [-0.15, -0.1) is 23.1 Å². The highest BCUT2D eigenvalue weighted by Crippen LogP contribution is 2.43. The summed E-state index contributed by atoms with van der Waals surface area (Å²) < 4.78 is 0. The van der Waals surface area contributed by atoms with Crippen LogP contribution in [0.1, 0.15) is 39.1 Å². The number of hydrogen-bond acceptors (Lipinski definition) is 4. The van der Waals surface area contributed by atoms with Gasteiger partial charge in [0, 0.05) is 15.8 Å². The van der Waals surface area contributed by atoms with Crippen LogP contribution in [-0.2, 0) is 5.75 Å². The maximum Gasteiger partial charge on any atom is 0.347 e. The van der Waals surface area contributed by atoms with E-state index in [0.717, 1.165) is 28.4 Å². The van der Waals surface area contributed by atoms with Gasteiger partial charge in [-0.3, -0.25) is 0 Å². The largest absolute Gasteiger partial charge is 0.477 e. The van der Waals surface area contributed by atoms with Crippen molar-refractivity contribution in [1.82, 2.24) is 4.98 Å². The molecule has 0 amide bonds. The lowest BCUT2D eigenvalue weighted by Crippen LogP contribution is -1.97. The van der Waals surface area contributed by atoms with E-state index in [1.807, 2.05) is 24.3 Å². The van der Waals surface area contributed by atoms with Crippen LogP contribution in [-0.4, -0.2) is 16.1 Å². The zero-order valence-corrected chi connectivity index (χ0v) is 12.9. The third kappa shape index (κ3) is 3.16. The van der Waals surface area contributed by atoms with Crippen LogP contribution in [0.15, 0.2) is 29.2 Å². The van der Waals surface area contributed by atoms with Gasteiger partial charge in [0.2, 0.25) is 0 Å². The Balaban J connectivity index is 1.74. The van der Waals surface area contributed by atoms with Crippen LogP contribution in [0.4, 0.5) is 0 Å². The van der Waals surface area contributed by atoms with Crippen LogP contribution in [0.25, 0.3) is 0 Å². The molecular weight excluding hydrogens is 314 g/mol. The lowest BCUT2D eigenvalue weighted by Gasteiger charge is -1.99. The van der Waals surface area contributed by atoms with Crippen molar-refractivity contribution >= 4 is 40.7 Å². The minimum atomic E-state index is -0.858. The first kappa shape index (κ1) is 13.9. The van der Waals surface area contributed by atoms with Gasteiger partial charge >= 0.3 is 5.97 Å². The third-order valence-electron chi connectivity index (χ3n) is 3.01. The number of carboxylic acid groups (broad SMARTS) is 1. The second kappa shape index (κ2) is 5.76. The fourth-order valence-electron chi connectivity index (χ4n) is 1.93. The number of carbonyl (C=O) groups is 1. The fraction of sp³-hybridized carbons (Fsp3) is 0.286. The zero-order valence-electron chi connectivity index (χ0n) is 10.5. The SMILES string of the molecule is O=C(O)c1sc(CSc2cccc(Cl)c2)nc1C1CC1. The zero-order chi connectivity index (χ0) is 14.1. The third-order valence-corrected chi connectivity index (χ3v) is 5.50. The molecule has 1 aromatic carbocycles. The molecule has 1 aromatic heterocycles. The Kier molecular flexibility index (Phi) is 4.01. The Morgan fingerprint density at radius 2 is 2.30 bits per heavy atom. The van der Waals surface area contributed by atoms with Gasteiger partial charge in [-0.25, -0.2) is 9.78 Å². The summed E-state index contributed by atoms with van der Waals surface area (Å²) in [5, 5.41) is 10.8. The average Bonchev–Trinajstić information content (AvgIpc) is 3.16. The summed E-state index contributed by atoms with van der Waals surface area (Å²) in [7, 11) is 0. The topological polar surface area (TPSA) is 50.2 Å². The molecule has 0 aliphatic heterocycles. The van der Waals surface area contributed by atoms with E-state index < -0.39 is 5.97 Å². The number of carboxylic acids is 1. The van der Waals surface area contributed by atoms with Gasteiger partial charge in [0.1, 0.15) is 9.88 Å². The highest BCUT2D eigenvalue weighted by molar-refractivity contribution is 7.98. The van der Waals surface area contributed by atoms with E-state index in [-0.39, 0.29) is 0 Å². The predicted octanol–water partition coefficient (Wildman–Crippen LogP) is 4.66. The van der Waals surface area contributed by atoms with Crippen molar-refractivity contribution in [2.45, 2.75) is 29.4 Å². The molecule has 1 saturated carbocycles. The normalized spacial score (nSPS) is 14.4. The van der Waals surface area contributed by atoms with E-state index in [1.165, 1.54) is 11.3 Å². The monoisotopic (exact) mass is 325 g/mol. The van der Waals surface area contributed by atoms with Gasteiger partial charge < -0.3 is 5.11 Å². The van der Waals surface area contributed by atoms with Crippen LogP contribution >= 0.6 is 34.7 Å². The summed E-state index contributed by atoms with van der Waals surface area (Å²) >= 11 is 8.86. The molecule has 1 fully saturated rings. The molecular formula is C14H12ClNO2S2. The van der Waals surface area contributed by atoms with Crippen molar-refractivity contribution in [3.8, 4) is 0 Å². The molecule has 0 unspecified atom stereocenters. The number of aromatic nitrogens is 1. The fourth-order valence-corrected chi connectivity index (χ4v) is 4.12. The maximum absolute atomic E-state index is 11.2. The Morgan fingerprint density at radius 3 is 2.95 bits per heavy atom. The molecule has 0 saturated heterocycles. The van der Waals surface area contributed by atoms with Gasteiger partial charge in [0.15, 0.2) is 0 Å². The number of benzene rings is 1. The van der Waals surface area contributed by atoms with Crippen molar-refractivity contribution < 1.29 is 9.90 Å². The highest BCUT2D eigenvalue weighted by atomic mass is 35.5. The number of rotatable bonds is 5. The Labute approximate surface area is 130 Å². The van der Waals surface area contributed by atoms with Crippen LogP contribution in [0.3, 0.4) is 0 Å². The quantitative estimate of drug-likeness (QED) is 0.812. The van der Waals surface area contributed by atoms with Crippen LogP contribution in [0.5, 0.6) is 0 Å². The molecule has 1 N–H and O–H groups in total. The second-order valence-corrected chi connectivity index (χ2v) is 7.22. The molecule has 0 spiro atoms. The first-order valence-corrected chi connectivity index (χ1v) is 8.43. The molecule has 1 aliphatic rings. The smallest absolute Gasteiger partial charge is 0.347 e. The summed E-state index contributed by atoms with van der Waals surface area (Å²) in [4.78, 5) is 17.2. The molecule has 0 atom stereocenters. The van der Waals surface area contributed by atoms with Gasteiger partial charge in [0.25, 0.3) is 0 Å². The maximum atomic E-state index is 11.2. The van der Waals surface area contributed by atoms with E-state index in [1.54, 1.807) is 11.8 Å². The Morgan fingerprint density at radius 1 is 1.50 bits per heavy atom. The molecule has 0 radical (unpaired) electrons. The molecule has 6 heteroatoms. The molecule has 1 heterocycles. The van der Waals surface area contributed by atoms with Crippen molar-refractivity contribution in [3.63, 3.8) is 0 Å². The van der Waals surface area contributed by atoms with E-state index >= 15 is 0 Å². The molecule has 1 aliphatic carbocycles. The summed E-state index contributed by atoms with van der Waals surface area (Å²) in [6, 6.07) is 7.64. The van der Waals surface area contributed by atoms with Crippen molar-refractivity contribution in [2.75, 3.05) is 0 Å². The molecule has 0 bridgehead atoms. The van der Waals surface area contributed by atoms with E-state index in [2.05, 4.69) is 4.98 Å². The first-order chi connectivity index (χ1) is 9.63. The van der Waals surface area contributed by atoms with Gasteiger partial charge in [-0.05, 0) is 31.0 Å². The lowest BCUT2D eigenvalue weighted by atomic mass is 10.2.